The highest BCUT2D eigenvalue weighted by Crippen LogP contribution is 2.20. The summed E-state index contributed by atoms with van der Waals surface area (Å²) in [6.45, 7) is 1.89. The van der Waals surface area contributed by atoms with Crippen LogP contribution in [0.25, 0.3) is 10.8 Å². The molecule has 22 heavy (non-hydrogen) atoms. The molecule has 0 radical (unpaired) electrons. The van der Waals surface area contributed by atoms with E-state index in [1.54, 1.807) is 0 Å². The van der Waals surface area contributed by atoms with Crippen molar-refractivity contribution in [3.8, 4) is 5.75 Å². The van der Waals surface area contributed by atoms with Crippen LogP contribution in [0.15, 0.2) is 42.5 Å². The number of carbonyl (C=O) groups excluding carboxylic acids is 1. The van der Waals surface area contributed by atoms with Crippen molar-refractivity contribution in [2.24, 2.45) is 0 Å². The molecule has 3 nitrogen and oxygen atoms in total. The second kappa shape index (κ2) is 7.30. The summed E-state index contributed by atoms with van der Waals surface area (Å²) >= 11 is 0. The first-order valence-corrected chi connectivity index (χ1v) is 8.22. The Kier molecular flexibility index (Phi) is 4.94. The summed E-state index contributed by atoms with van der Waals surface area (Å²) in [7, 11) is 0. The molecule has 1 saturated heterocycles. The molecule has 1 aliphatic rings. The van der Waals surface area contributed by atoms with Crippen LogP contribution in [0.2, 0.25) is 0 Å². The van der Waals surface area contributed by atoms with Crippen molar-refractivity contribution in [1.29, 1.82) is 0 Å². The van der Waals surface area contributed by atoms with Crippen LogP contribution in [0.3, 0.4) is 0 Å². The highest BCUT2D eigenvalue weighted by molar-refractivity contribution is 5.84. The zero-order valence-corrected chi connectivity index (χ0v) is 13.0. The van der Waals surface area contributed by atoms with Gasteiger partial charge in [-0.05, 0) is 35.7 Å². The second-order valence-electron chi connectivity index (χ2n) is 5.95. The molecule has 2 aromatic rings. The highest BCUT2D eigenvalue weighted by atomic mass is 16.5. The van der Waals surface area contributed by atoms with Gasteiger partial charge in [-0.1, -0.05) is 49.6 Å². The number of carbonyl (C=O) groups is 1. The maximum absolute atomic E-state index is 12.3. The van der Waals surface area contributed by atoms with Crippen LogP contribution in [0.1, 0.15) is 32.1 Å². The quantitative estimate of drug-likeness (QED) is 0.856. The van der Waals surface area contributed by atoms with Gasteiger partial charge in [0.2, 0.25) is 0 Å². The summed E-state index contributed by atoms with van der Waals surface area (Å²) in [5.74, 6) is 0.870. The molecule has 0 atom stereocenters. The third-order valence-corrected chi connectivity index (χ3v) is 4.29. The molecule has 3 rings (SSSR count). The van der Waals surface area contributed by atoms with Crippen LogP contribution in [-0.2, 0) is 4.79 Å². The van der Waals surface area contributed by atoms with E-state index in [0.29, 0.717) is 0 Å². The molecule has 116 valence electrons. The maximum atomic E-state index is 12.3. The van der Waals surface area contributed by atoms with Gasteiger partial charge in [-0.25, -0.2) is 0 Å². The first kappa shape index (κ1) is 14.9. The van der Waals surface area contributed by atoms with Crippen molar-refractivity contribution < 1.29 is 9.53 Å². The number of amides is 1. The fourth-order valence-electron chi connectivity index (χ4n) is 2.99. The Morgan fingerprint density at radius 3 is 2.36 bits per heavy atom. The van der Waals surface area contributed by atoms with Crippen LogP contribution < -0.4 is 4.74 Å². The van der Waals surface area contributed by atoms with Gasteiger partial charge in [0.1, 0.15) is 5.75 Å². The minimum Gasteiger partial charge on any atom is -0.484 e. The molecule has 0 aliphatic carbocycles. The van der Waals surface area contributed by atoms with Gasteiger partial charge in [0.15, 0.2) is 6.61 Å². The van der Waals surface area contributed by atoms with E-state index in [1.165, 1.54) is 24.6 Å². The molecule has 1 amide bonds. The average Bonchev–Trinajstić information content (AvgIpc) is 2.52. The van der Waals surface area contributed by atoms with Crippen LogP contribution in [0, 0.1) is 0 Å². The molecule has 1 heterocycles. The summed E-state index contributed by atoms with van der Waals surface area (Å²) < 4.78 is 5.71. The zero-order valence-electron chi connectivity index (χ0n) is 13.0. The Labute approximate surface area is 131 Å². The topological polar surface area (TPSA) is 29.5 Å². The van der Waals surface area contributed by atoms with E-state index in [4.69, 9.17) is 4.74 Å². The van der Waals surface area contributed by atoms with E-state index in [1.807, 2.05) is 35.2 Å². The summed E-state index contributed by atoms with van der Waals surface area (Å²) in [6, 6.07) is 14.1. The molecule has 0 saturated carbocycles. The van der Waals surface area contributed by atoms with Gasteiger partial charge < -0.3 is 9.64 Å². The lowest BCUT2D eigenvalue weighted by Crippen LogP contribution is -2.37. The lowest BCUT2D eigenvalue weighted by atomic mass is 10.1. The largest absolute Gasteiger partial charge is 0.484 e. The zero-order chi connectivity index (χ0) is 15.2. The van der Waals surface area contributed by atoms with Gasteiger partial charge in [-0.2, -0.15) is 0 Å². The van der Waals surface area contributed by atoms with Crippen LogP contribution >= 0.6 is 0 Å². The monoisotopic (exact) mass is 297 g/mol. The minimum absolute atomic E-state index is 0.107. The number of hydrogen-bond acceptors (Lipinski definition) is 2. The molecule has 0 aromatic heterocycles. The Bertz CT molecular complexity index is 630. The predicted octanol–water partition coefficient (Wildman–Crippen LogP) is 4.01. The summed E-state index contributed by atoms with van der Waals surface area (Å²) in [4.78, 5) is 14.3. The average molecular weight is 297 g/mol. The third-order valence-electron chi connectivity index (χ3n) is 4.29. The van der Waals surface area contributed by atoms with Crippen molar-refractivity contribution >= 4 is 16.7 Å². The van der Waals surface area contributed by atoms with Gasteiger partial charge in [0.25, 0.3) is 5.91 Å². The van der Waals surface area contributed by atoms with Crippen molar-refractivity contribution in [3.05, 3.63) is 42.5 Å². The third kappa shape index (κ3) is 3.79. The predicted molar refractivity (Wildman–Crippen MR) is 89.1 cm³/mol. The molecule has 1 fully saturated rings. The van der Waals surface area contributed by atoms with Crippen LogP contribution in [-0.4, -0.2) is 30.5 Å². The van der Waals surface area contributed by atoms with Crippen LogP contribution in [0.4, 0.5) is 0 Å². The molecule has 0 bridgehead atoms. The van der Waals surface area contributed by atoms with Crippen molar-refractivity contribution in [2.75, 3.05) is 19.7 Å². The number of likely N-dealkylation sites (tertiary alicyclic amines) is 1. The molecule has 0 unspecified atom stereocenters. The molecular formula is C19H23NO2. The van der Waals surface area contributed by atoms with Gasteiger partial charge in [-0.3, -0.25) is 4.79 Å². The first-order chi connectivity index (χ1) is 10.8. The van der Waals surface area contributed by atoms with Crippen molar-refractivity contribution in [2.45, 2.75) is 32.1 Å². The number of nitrogens with zero attached hydrogens (tertiary/aromatic N) is 1. The van der Waals surface area contributed by atoms with E-state index in [2.05, 4.69) is 12.1 Å². The normalized spacial score (nSPS) is 16.1. The second-order valence-corrected chi connectivity index (χ2v) is 5.95. The SMILES string of the molecule is O=C(COc1ccc2ccccc2c1)N1CCCCCCC1. The summed E-state index contributed by atoms with van der Waals surface area (Å²) in [5.41, 5.74) is 0. The standard InChI is InChI=1S/C19H23NO2/c21-19(20-12-6-2-1-3-7-13-20)15-22-18-11-10-16-8-4-5-9-17(16)14-18/h4-5,8-11,14H,1-3,6-7,12-13,15H2. The molecule has 3 heteroatoms. The van der Waals surface area contributed by atoms with Gasteiger partial charge in [0.05, 0.1) is 0 Å². The minimum atomic E-state index is 0.107. The van der Waals surface area contributed by atoms with E-state index < -0.39 is 0 Å². The van der Waals surface area contributed by atoms with Gasteiger partial charge >= 0.3 is 0 Å². The van der Waals surface area contributed by atoms with Crippen molar-refractivity contribution in [1.82, 2.24) is 4.90 Å². The van der Waals surface area contributed by atoms with E-state index in [0.717, 1.165) is 37.1 Å². The number of rotatable bonds is 3. The molecule has 1 aliphatic heterocycles. The Hall–Kier alpha value is -2.03. The van der Waals surface area contributed by atoms with Gasteiger partial charge in [-0.15, -0.1) is 0 Å². The smallest absolute Gasteiger partial charge is 0.260 e. The Morgan fingerprint density at radius 1 is 0.909 bits per heavy atom. The van der Waals surface area contributed by atoms with E-state index >= 15 is 0 Å². The van der Waals surface area contributed by atoms with E-state index in [9.17, 15) is 4.79 Å². The maximum Gasteiger partial charge on any atom is 0.260 e. The Morgan fingerprint density at radius 2 is 1.59 bits per heavy atom. The lowest BCUT2D eigenvalue weighted by molar-refractivity contribution is -0.133. The van der Waals surface area contributed by atoms with Crippen molar-refractivity contribution in [3.63, 3.8) is 0 Å². The fraction of sp³-hybridized carbons (Fsp3) is 0.421. The first-order valence-electron chi connectivity index (χ1n) is 8.22. The number of fused-ring (bicyclic) bond motifs is 1. The molecule has 0 spiro atoms. The van der Waals surface area contributed by atoms with E-state index in [-0.39, 0.29) is 12.5 Å². The highest BCUT2D eigenvalue weighted by Gasteiger charge is 2.15. The molecule has 2 aromatic carbocycles. The lowest BCUT2D eigenvalue weighted by Gasteiger charge is -2.24. The van der Waals surface area contributed by atoms with Crippen LogP contribution in [0.5, 0.6) is 5.75 Å². The summed E-state index contributed by atoms with van der Waals surface area (Å²) in [5, 5.41) is 2.32. The molecular weight excluding hydrogens is 274 g/mol. The molecule has 0 N–H and O–H groups in total. The summed E-state index contributed by atoms with van der Waals surface area (Å²) in [6.07, 6.45) is 5.99. The number of hydrogen-bond donors (Lipinski definition) is 0. The fourth-order valence-corrected chi connectivity index (χ4v) is 2.99. The Balaban J connectivity index is 1.59. The number of benzene rings is 2. The number of ether oxygens (including phenoxy) is 1. The van der Waals surface area contributed by atoms with Gasteiger partial charge in [0, 0.05) is 13.1 Å².